The minimum Gasteiger partial charge on any atom is -0.450 e. The Kier molecular flexibility index (Phi) is 4.81. The molecule has 4 rings (SSSR count). The standard InChI is InChI=1S/C21H21NO5/c1-13-16-9-8-14-5-2-3-7-17(14)20(16)27-19(13)21(24)26-12-18(23)22-11-15-6-4-10-25-15/h2-3,5,7-9,15H,4,6,10-12H2,1H3,(H,22,23). The van der Waals surface area contributed by atoms with Gasteiger partial charge in [0.25, 0.3) is 5.91 Å². The second kappa shape index (κ2) is 7.40. The van der Waals surface area contributed by atoms with E-state index in [0.717, 1.165) is 35.6 Å². The summed E-state index contributed by atoms with van der Waals surface area (Å²) in [4.78, 5) is 24.3. The zero-order valence-corrected chi connectivity index (χ0v) is 15.1. The van der Waals surface area contributed by atoms with Gasteiger partial charge in [-0.2, -0.15) is 0 Å². The average molecular weight is 367 g/mol. The third kappa shape index (κ3) is 3.53. The van der Waals surface area contributed by atoms with Crippen molar-refractivity contribution >= 4 is 33.6 Å². The number of hydrogen-bond donors (Lipinski definition) is 1. The molecule has 1 unspecified atom stereocenters. The van der Waals surface area contributed by atoms with E-state index >= 15 is 0 Å². The molecule has 27 heavy (non-hydrogen) atoms. The minimum absolute atomic E-state index is 0.0514. The summed E-state index contributed by atoms with van der Waals surface area (Å²) >= 11 is 0. The summed E-state index contributed by atoms with van der Waals surface area (Å²) < 4.78 is 16.4. The molecule has 0 bridgehead atoms. The minimum atomic E-state index is -0.639. The average Bonchev–Trinajstić information content (AvgIpc) is 3.32. The first-order chi connectivity index (χ1) is 13.1. The first kappa shape index (κ1) is 17.5. The van der Waals surface area contributed by atoms with Crippen LogP contribution in [-0.2, 0) is 14.3 Å². The van der Waals surface area contributed by atoms with E-state index in [4.69, 9.17) is 13.9 Å². The molecule has 1 N–H and O–H groups in total. The Morgan fingerprint density at radius 2 is 2.04 bits per heavy atom. The number of amides is 1. The maximum Gasteiger partial charge on any atom is 0.375 e. The van der Waals surface area contributed by atoms with Gasteiger partial charge in [-0.1, -0.05) is 36.4 Å². The summed E-state index contributed by atoms with van der Waals surface area (Å²) in [5.74, 6) is -0.855. The van der Waals surface area contributed by atoms with E-state index in [1.165, 1.54) is 0 Å². The number of esters is 1. The van der Waals surface area contributed by atoms with E-state index in [0.29, 0.717) is 17.7 Å². The monoisotopic (exact) mass is 367 g/mol. The molecule has 140 valence electrons. The van der Waals surface area contributed by atoms with Crippen LogP contribution in [-0.4, -0.2) is 37.7 Å². The van der Waals surface area contributed by atoms with Gasteiger partial charge in [0, 0.05) is 29.5 Å². The molecule has 1 aliphatic rings. The normalized spacial score (nSPS) is 16.7. The third-order valence-corrected chi connectivity index (χ3v) is 4.90. The lowest BCUT2D eigenvalue weighted by atomic mass is 10.1. The van der Waals surface area contributed by atoms with Crippen LogP contribution in [0.5, 0.6) is 0 Å². The molecule has 0 aliphatic carbocycles. The Hall–Kier alpha value is -2.86. The highest BCUT2D eigenvalue weighted by Crippen LogP contribution is 2.32. The van der Waals surface area contributed by atoms with Crippen LogP contribution in [0.4, 0.5) is 0 Å². The molecule has 6 heteroatoms. The Labute approximate surface area is 156 Å². The van der Waals surface area contributed by atoms with Crippen LogP contribution < -0.4 is 5.32 Å². The number of furan rings is 1. The summed E-state index contributed by atoms with van der Waals surface area (Å²) in [6.07, 6.45) is 2.00. The molecule has 1 fully saturated rings. The van der Waals surface area contributed by atoms with Crippen LogP contribution in [0.2, 0.25) is 0 Å². The number of nitrogens with one attached hydrogen (secondary N) is 1. The number of rotatable bonds is 5. The Balaban J connectivity index is 1.45. The van der Waals surface area contributed by atoms with Crippen LogP contribution in [0, 0.1) is 6.92 Å². The first-order valence-electron chi connectivity index (χ1n) is 9.10. The summed E-state index contributed by atoms with van der Waals surface area (Å²) in [6, 6.07) is 11.7. The van der Waals surface area contributed by atoms with Crippen LogP contribution >= 0.6 is 0 Å². The molecule has 0 saturated carbocycles. The lowest BCUT2D eigenvalue weighted by Crippen LogP contribution is -2.34. The lowest BCUT2D eigenvalue weighted by molar-refractivity contribution is -0.124. The molecular formula is C21H21NO5. The van der Waals surface area contributed by atoms with Crippen molar-refractivity contribution in [1.29, 1.82) is 0 Å². The van der Waals surface area contributed by atoms with Gasteiger partial charge in [-0.3, -0.25) is 4.79 Å². The smallest absolute Gasteiger partial charge is 0.375 e. The van der Waals surface area contributed by atoms with Crippen molar-refractivity contribution < 1.29 is 23.5 Å². The predicted molar refractivity (Wildman–Crippen MR) is 101 cm³/mol. The molecule has 0 spiro atoms. The fourth-order valence-corrected chi connectivity index (χ4v) is 3.42. The number of aryl methyl sites for hydroxylation is 1. The Morgan fingerprint density at radius 1 is 1.19 bits per heavy atom. The van der Waals surface area contributed by atoms with Crippen molar-refractivity contribution in [1.82, 2.24) is 5.32 Å². The van der Waals surface area contributed by atoms with Gasteiger partial charge in [0.15, 0.2) is 6.61 Å². The fourth-order valence-electron chi connectivity index (χ4n) is 3.42. The summed E-state index contributed by atoms with van der Waals surface area (Å²) in [6.45, 7) is 2.64. The number of carbonyl (C=O) groups excluding carboxylic acids is 2. The zero-order valence-electron chi connectivity index (χ0n) is 15.1. The van der Waals surface area contributed by atoms with Crippen LogP contribution in [0.3, 0.4) is 0 Å². The van der Waals surface area contributed by atoms with E-state index in [-0.39, 0.29) is 24.4 Å². The lowest BCUT2D eigenvalue weighted by Gasteiger charge is -2.10. The second-order valence-corrected chi connectivity index (χ2v) is 6.73. The van der Waals surface area contributed by atoms with Crippen molar-refractivity contribution in [3.05, 3.63) is 47.7 Å². The molecule has 2 aromatic carbocycles. The van der Waals surface area contributed by atoms with Crippen LogP contribution in [0.25, 0.3) is 21.7 Å². The maximum atomic E-state index is 12.4. The summed E-state index contributed by atoms with van der Waals surface area (Å²) in [5, 5.41) is 5.56. The van der Waals surface area contributed by atoms with Crippen molar-refractivity contribution in [3.8, 4) is 0 Å². The number of ether oxygens (including phenoxy) is 2. The number of benzene rings is 2. The molecule has 1 saturated heterocycles. The van der Waals surface area contributed by atoms with E-state index in [1.54, 1.807) is 0 Å². The molecule has 3 aromatic rings. The molecule has 1 atom stereocenters. The van der Waals surface area contributed by atoms with E-state index in [9.17, 15) is 9.59 Å². The highest BCUT2D eigenvalue weighted by atomic mass is 16.5. The Morgan fingerprint density at radius 3 is 2.85 bits per heavy atom. The van der Waals surface area contributed by atoms with Gasteiger partial charge >= 0.3 is 5.97 Å². The summed E-state index contributed by atoms with van der Waals surface area (Å²) in [5.41, 5.74) is 1.36. The van der Waals surface area contributed by atoms with Crippen molar-refractivity contribution in [2.24, 2.45) is 0 Å². The highest BCUT2D eigenvalue weighted by Gasteiger charge is 2.22. The van der Waals surface area contributed by atoms with Crippen molar-refractivity contribution in [2.45, 2.75) is 25.9 Å². The predicted octanol–water partition coefficient (Wildman–Crippen LogP) is 3.35. The van der Waals surface area contributed by atoms with E-state index in [1.807, 2.05) is 43.3 Å². The molecule has 1 amide bonds. The van der Waals surface area contributed by atoms with Crippen LogP contribution in [0.1, 0.15) is 29.0 Å². The zero-order chi connectivity index (χ0) is 18.8. The quantitative estimate of drug-likeness (QED) is 0.700. The molecule has 2 heterocycles. The van der Waals surface area contributed by atoms with E-state index in [2.05, 4.69) is 5.32 Å². The largest absolute Gasteiger partial charge is 0.450 e. The molecular weight excluding hydrogens is 346 g/mol. The van der Waals surface area contributed by atoms with Gasteiger partial charge < -0.3 is 19.2 Å². The molecule has 1 aliphatic heterocycles. The third-order valence-electron chi connectivity index (χ3n) is 4.90. The molecule has 1 aromatic heterocycles. The number of fused-ring (bicyclic) bond motifs is 3. The molecule has 6 nitrogen and oxygen atoms in total. The number of carbonyl (C=O) groups is 2. The molecule has 0 radical (unpaired) electrons. The number of hydrogen-bond acceptors (Lipinski definition) is 5. The van der Waals surface area contributed by atoms with Gasteiger partial charge in [-0.15, -0.1) is 0 Å². The SMILES string of the molecule is Cc1c(C(=O)OCC(=O)NCC2CCCO2)oc2c1ccc1ccccc12. The fraction of sp³-hybridized carbons (Fsp3) is 0.333. The second-order valence-electron chi connectivity index (χ2n) is 6.73. The topological polar surface area (TPSA) is 77.8 Å². The van der Waals surface area contributed by atoms with Crippen molar-refractivity contribution in [2.75, 3.05) is 19.8 Å². The van der Waals surface area contributed by atoms with E-state index < -0.39 is 5.97 Å². The highest BCUT2D eigenvalue weighted by molar-refractivity contribution is 6.08. The maximum absolute atomic E-state index is 12.4. The Bertz CT molecular complexity index is 1000. The summed E-state index contributed by atoms with van der Waals surface area (Å²) in [7, 11) is 0. The first-order valence-corrected chi connectivity index (χ1v) is 9.10. The van der Waals surface area contributed by atoms with Gasteiger partial charge in [0.2, 0.25) is 5.76 Å². The van der Waals surface area contributed by atoms with Gasteiger partial charge in [0.1, 0.15) is 5.58 Å². The van der Waals surface area contributed by atoms with Crippen LogP contribution in [0.15, 0.2) is 40.8 Å². The van der Waals surface area contributed by atoms with Crippen molar-refractivity contribution in [3.63, 3.8) is 0 Å². The van der Waals surface area contributed by atoms with Gasteiger partial charge in [0.05, 0.1) is 6.10 Å². The van der Waals surface area contributed by atoms with Gasteiger partial charge in [-0.05, 0) is 25.2 Å². The van der Waals surface area contributed by atoms with Gasteiger partial charge in [-0.25, -0.2) is 4.79 Å².